The van der Waals surface area contributed by atoms with E-state index in [1.54, 1.807) is 23.5 Å². The van der Waals surface area contributed by atoms with Gasteiger partial charge in [-0.05, 0) is 30.3 Å². The number of hydrogen-bond donors (Lipinski definition) is 1. The van der Waals surface area contributed by atoms with Crippen LogP contribution in [0.5, 0.6) is 23.0 Å². The van der Waals surface area contributed by atoms with Gasteiger partial charge in [0.25, 0.3) is 0 Å². The third-order valence-electron chi connectivity index (χ3n) is 3.32. The van der Waals surface area contributed by atoms with Gasteiger partial charge in [-0.25, -0.2) is 4.79 Å². The average molecular weight is 432 g/mol. The van der Waals surface area contributed by atoms with Gasteiger partial charge in [0.15, 0.2) is 11.5 Å². The molecule has 0 aliphatic heterocycles. The summed E-state index contributed by atoms with van der Waals surface area (Å²) in [6, 6.07) is 4.59. The number of hydrogen-bond acceptors (Lipinski definition) is 4. The van der Waals surface area contributed by atoms with E-state index in [1.807, 2.05) is 0 Å². The molecule has 0 spiro atoms. The Labute approximate surface area is 169 Å². The smallest absolute Gasteiger partial charge is 0.510 e. The number of carbonyl (C=O) groups is 1. The average Bonchev–Trinajstić information content (AvgIpc) is 2.53. The lowest BCUT2D eigenvalue weighted by molar-refractivity contribution is -0.274. The Hall–Kier alpha value is -2.92. The van der Waals surface area contributed by atoms with E-state index in [4.69, 9.17) is 9.47 Å². The monoisotopic (exact) mass is 432 g/mol. The Kier molecular flexibility index (Phi) is 6.29. The van der Waals surface area contributed by atoms with Gasteiger partial charge >= 0.3 is 18.5 Å². The second kappa shape index (κ2) is 8.08. The summed E-state index contributed by atoms with van der Waals surface area (Å²) in [5, 5.41) is 8.34. The number of halogens is 6. The predicted octanol–water partition coefficient (Wildman–Crippen LogP) is 1.98. The molecule has 0 aromatic heterocycles. The van der Waals surface area contributed by atoms with Gasteiger partial charge in [0.05, 0.1) is 5.56 Å². The molecule has 0 bridgehead atoms. The SMILES string of the molecule is BC(B)(B)Oc1cc(OC(F)(F)F)ccc1Oc1ccc(C(F)(F)F)cc1C(=O)O. The molecule has 14 heteroatoms. The van der Waals surface area contributed by atoms with Crippen molar-refractivity contribution in [1.82, 2.24) is 0 Å². The van der Waals surface area contributed by atoms with Gasteiger partial charge in [0, 0.05) is 11.4 Å². The van der Waals surface area contributed by atoms with Gasteiger partial charge in [-0.1, -0.05) is 0 Å². The third-order valence-corrected chi connectivity index (χ3v) is 3.32. The van der Waals surface area contributed by atoms with Crippen LogP contribution >= 0.6 is 0 Å². The summed E-state index contributed by atoms with van der Waals surface area (Å²) in [5.41, 5.74) is -1.99. The van der Waals surface area contributed by atoms with Crippen LogP contribution in [0, 0.1) is 0 Å². The summed E-state index contributed by atoms with van der Waals surface area (Å²) in [6.45, 7) is 0. The highest BCUT2D eigenvalue weighted by atomic mass is 19.4. The number of alkyl halides is 6. The van der Waals surface area contributed by atoms with Crippen LogP contribution in [0.1, 0.15) is 15.9 Å². The molecule has 0 heterocycles. The maximum absolute atomic E-state index is 12.9. The Balaban J connectivity index is 2.49. The van der Waals surface area contributed by atoms with Crippen LogP contribution < -0.4 is 14.2 Å². The molecule has 5 nitrogen and oxygen atoms in total. The van der Waals surface area contributed by atoms with Crippen LogP contribution in [0.15, 0.2) is 36.4 Å². The number of ether oxygens (including phenoxy) is 3. The molecule has 0 fully saturated rings. The van der Waals surface area contributed by atoms with E-state index in [-0.39, 0.29) is 11.5 Å². The lowest BCUT2D eigenvalue weighted by Gasteiger charge is -2.24. The maximum atomic E-state index is 12.9. The van der Waals surface area contributed by atoms with Crippen LogP contribution in [0.2, 0.25) is 0 Å². The summed E-state index contributed by atoms with van der Waals surface area (Å²) >= 11 is 0. The highest BCUT2D eigenvalue weighted by Gasteiger charge is 2.33. The molecule has 0 aliphatic carbocycles. The molecule has 2 aromatic carbocycles. The molecule has 158 valence electrons. The molecular formula is C16H13B3F6O5. The van der Waals surface area contributed by atoms with Crippen LogP contribution in [0.4, 0.5) is 26.3 Å². The van der Waals surface area contributed by atoms with Gasteiger partial charge in [-0.15, -0.1) is 13.2 Å². The number of carboxylic acid groups (broad SMARTS) is 1. The second-order valence-electron chi connectivity index (χ2n) is 6.99. The lowest BCUT2D eigenvalue weighted by atomic mass is 9.52. The molecule has 0 atom stereocenters. The van der Waals surface area contributed by atoms with Crippen LogP contribution in [-0.2, 0) is 6.18 Å². The van der Waals surface area contributed by atoms with Crippen molar-refractivity contribution in [2.24, 2.45) is 0 Å². The molecule has 0 amide bonds. The van der Waals surface area contributed by atoms with Gasteiger partial charge in [0.1, 0.15) is 40.6 Å². The molecule has 0 saturated heterocycles. The fourth-order valence-electron chi connectivity index (χ4n) is 2.26. The molecule has 30 heavy (non-hydrogen) atoms. The van der Waals surface area contributed by atoms with Gasteiger partial charge in [-0.3, -0.25) is 0 Å². The second-order valence-corrected chi connectivity index (χ2v) is 6.99. The molecule has 0 unspecified atom stereocenters. The minimum absolute atomic E-state index is 0.221. The van der Waals surface area contributed by atoms with Crippen molar-refractivity contribution in [3.8, 4) is 23.0 Å². The van der Waals surface area contributed by atoms with E-state index in [0.29, 0.717) is 12.1 Å². The van der Waals surface area contributed by atoms with Crippen molar-refractivity contribution in [2.45, 2.75) is 17.8 Å². The molecule has 2 aromatic rings. The van der Waals surface area contributed by atoms with Crippen molar-refractivity contribution < 1.29 is 50.5 Å². The number of aromatic carboxylic acids is 1. The molecular weight excluding hydrogens is 419 g/mol. The van der Waals surface area contributed by atoms with Crippen LogP contribution in [0.25, 0.3) is 0 Å². The first kappa shape index (κ1) is 23.4. The zero-order valence-electron chi connectivity index (χ0n) is 15.8. The highest BCUT2D eigenvalue weighted by molar-refractivity contribution is 6.58. The van der Waals surface area contributed by atoms with Gasteiger partial charge < -0.3 is 19.3 Å². The quantitative estimate of drug-likeness (QED) is 0.560. The van der Waals surface area contributed by atoms with Gasteiger partial charge in [0.2, 0.25) is 0 Å². The highest BCUT2D eigenvalue weighted by Crippen LogP contribution is 2.39. The molecule has 2 rings (SSSR count). The van der Waals surface area contributed by atoms with E-state index in [0.717, 1.165) is 24.3 Å². The first-order valence-corrected chi connectivity index (χ1v) is 8.26. The van der Waals surface area contributed by atoms with Crippen LogP contribution in [0.3, 0.4) is 0 Å². The number of rotatable bonds is 6. The first-order valence-electron chi connectivity index (χ1n) is 8.26. The number of benzene rings is 2. The van der Waals surface area contributed by atoms with E-state index < -0.39 is 46.4 Å². The lowest BCUT2D eigenvalue weighted by Crippen LogP contribution is -2.37. The molecule has 0 saturated carbocycles. The normalized spacial score (nSPS) is 12.3. The summed E-state index contributed by atoms with van der Waals surface area (Å²) in [4.78, 5) is 11.4. The van der Waals surface area contributed by atoms with Crippen molar-refractivity contribution >= 4 is 29.5 Å². The summed E-state index contributed by atoms with van der Waals surface area (Å²) in [6.07, 6.45) is -9.74. The van der Waals surface area contributed by atoms with E-state index in [9.17, 15) is 36.2 Å². The molecule has 0 radical (unpaired) electrons. The fourth-order valence-corrected chi connectivity index (χ4v) is 2.26. The molecule has 1 N–H and O–H groups in total. The van der Waals surface area contributed by atoms with Crippen molar-refractivity contribution in [1.29, 1.82) is 0 Å². The van der Waals surface area contributed by atoms with Crippen molar-refractivity contribution in [2.75, 3.05) is 0 Å². The largest absolute Gasteiger partial charge is 0.573 e. The minimum atomic E-state index is -4.97. The minimum Gasteiger partial charge on any atom is -0.510 e. The third kappa shape index (κ3) is 6.56. The number of carboxylic acids is 1. The maximum Gasteiger partial charge on any atom is 0.573 e. The standard InChI is InChI=1S/C16H13B3F6O5/c17-15(18,19)30-12-6-8(29-16(23,24)25)2-4-11(12)28-10-3-1-7(14(20,21)22)5-9(10)13(26)27/h1-6H,17-19H2,(H,26,27). The Morgan fingerprint density at radius 1 is 0.833 bits per heavy atom. The van der Waals surface area contributed by atoms with Crippen molar-refractivity contribution in [3.63, 3.8) is 0 Å². The Bertz CT molecular complexity index is 940. The fraction of sp³-hybridized carbons (Fsp3) is 0.188. The summed E-state index contributed by atoms with van der Waals surface area (Å²) in [5.74, 6) is -3.23. The predicted molar refractivity (Wildman–Crippen MR) is 101 cm³/mol. The van der Waals surface area contributed by atoms with E-state index in [1.165, 1.54) is 0 Å². The van der Waals surface area contributed by atoms with Crippen LogP contribution in [-0.4, -0.2) is 46.3 Å². The zero-order chi connectivity index (χ0) is 22.9. The Morgan fingerprint density at radius 2 is 1.43 bits per heavy atom. The van der Waals surface area contributed by atoms with E-state index in [2.05, 4.69) is 4.74 Å². The zero-order valence-corrected chi connectivity index (χ0v) is 15.8. The topological polar surface area (TPSA) is 65.0 Å². The van der Waals surface area contributed by atoms with Crippen molar-refractivity contribution in [3.05, 3.63) is 47.5 Å². The molecule has 0 aliphatic rings. The van der Waals surface area contributed by atoms with E-state index >= 15 is 0 Å². The Morgan fingerprint density at radius 3 is 1.93 bits per heavy atom. The summed E-state index contributed by atoms with van der Waals surface area (Å²) in [7, 11) is 4.78. The van der Waals surface area contributed by atoms with Gasteiger partial charge in [-0.2, -0.15) is 13.2 Å². The first-order chi connectivity index (χ1) is 13.5. The summed E-state index contributed by atoms with van der Waals surface area (Å²) < 4.78 is 90.8.